The van der Waals surface area contributed by atoms with Gasteiger partial charge in [-0.3, -0.25) is 28.8 Å². The highest BCUT2D eigenvalue weighted by molar-refractivity contribution is 5.93. The molecule has 35 heavy (non-hydrogen) atoms. The Bertz CT molecular complexity index is 767. The zero-order valence-electron chi connectivity index (χ0n) is 21.5. The first kappa shape index (κ1) is 31.8. The van der Waals surface area contributed by atoms with Gasteiger partial charge in [-0.05, 0) is 47.5 Å². The lowest BCUT2D eigenvalue weighted by atomic mass is 10.2. The van der Waals surface area contributed by atoms with Gasteiger partial charge in [0.25, 0.3) is 0 Å². The molecule has 0 spiro atoms. The van der Waals surface area contributed by atoms with Crippen LogP contribution in [-0.2, 0) is 28.8 Å². The predicted molar refractivity (Wildman–Crippen MR) is 129 cm³/mol. The van der Waals surface area contributed by atoms with E-state index in [0.29, 0.717) is 6.42 Å². The Morgan fingerprint density at radius 2 is 1.14 bits per heavy atom. The van der Waals surface area contributed by atoms with Crippen molar-refractivity contribution in [1.29, 1.82) is 0 Å². The molecule has 200 valence electrons. The summed E-state index contributed by atoms with van der Waals surface area (Å²) in [6.45, 7) is 10.9. The van der Waals surface area contributed by atoms with Crippen LogP contribution in [0.25, 0.3) is 0 Å². The van der Waals surface area contributed by atoms with Crippen LogP contribution in [0, 0.1) is 0 Å². The third-order valence-corrected chi connectivity index (χ3v) is 5.19. The lowest BCUT2D eigenvalue weighted by molar-refractivity contribution is -0.136. The fourth-order valence-corrected chi connectivity index (χ4v) is 2.84. The molecule has 13 nitrogen and oxygen atoms in total. The lowest BCUT2D eigenvalue weighted by Crippen LogP contribution is -2.53. The molecule has 1 rings (SSSR count). The Morgan fingerprint density at radius 1 is 0.714 bits per heavy atom. The average Bonchev–Trinajstić information content (AvgIpc) is 3.33. The smallest absolute Gasteiger partial charge is 0.244 e. The van der Waals surface area contributed by atoms with Crippen LogP contribution in [0.15, 0.2) is 0 Å². The maximum absolute atomic E-state index is 12.0. The van der Waals surface area contributed by atoms with Crippen molar-refractivity contribution in [3.8, 4) is 0 Å². The number of nitrogens with two attached hydrogens (primary N) is 2. The Morgan fingerprint density at radius 3 is 1.57 bits per heavy atom. The molecule has 1 saturated heterocycles. The van der Waals surface area contributed by atoms with Gasteiger partial charge in [-0.2, -0.15) is 0 Å². The summed E-state index contributed by atoms with van der Waals surface area (Å²) in [5, 5.41) is 9.96. The Labute approximate surface area is 206 Å². The van der Waals surface area contributed by atoms with Gasteiger partial charge in [0, 0.05) is 19.5 Å². The molecule has 0 aromatic carbocycles. The molecule has 1 fully saturated rings. The first-order valence-electron chi connectivity index (χ1n) is 11.7. The van der Waals surface area contributed by atoms with E-state index in [0.717, 1.165) is 25.9 Å². The molecule has 8 N–H and O–H groups in total. The summed E-state index contributed by atoms with van der Waals surface area (Å²) in [6, 6.07) is -3.38. The van der Waals surface area contributed by atoms with E-state index >= 15 is 0 Å². The van der Waals surface area contributed by atoms with Crippen LogP contribution < -0.4 is 32.7 Å². The van der Waals surface area contributed by atoms with Crippen molar-refractivity contribution in [2.75, 3.05) is 13.1 Å². The van der Waals surface area contributed by atoms with Crippen LogP contribution in [-0.4, -0.2) is 83.6 Å². The Kier molecular flexibility index (Phi) is 14.2. The van der Waals surface area contributed by atoms with Crippen LogP contribution in [0.1, 0.15) is 60.8 Å². The number of likely N-dealkylation sites (tertiary alicyclic amines) is 1. The van der Waals surface area contributed by atoms with E-state index in [2.05, 4.69) is 21.3 Å². The molecule has 0 aromatic heterocycles. The number of nitrogens with one attached hydrogen (secondary N) is 4. The molecule has 5 unspecified atom stereocenters. The number of primary amides is 1. The van der Waals surface area contributed by atoms with Crippen molar-refractivity contribution in [3.63, 3.8) is 0 Å². The van der Waals surface area contributed by atoms with E-state index in [9.17, 15) is 28.8 Å². The SMILES string of the molecule is CC(N)C(=O)NC(C)C(=O)NC(C)C(=O)N1CCCC1.CCC(=O)NC(C)C(=O)NC(C)C(N)=O. The van der Waals surface area contributed by atoms with Crippen molar-refractivity contribution in [1.82, 2.24) is 26.2 Å². The highest BCUT2D eigenvalue weighted by atomic mass is 16.2. The molecule has 0 aliphatic carbocycles. The monoisotopic (exact) mass is 499 g/mol. The Balaban J connectivity index is 0.000000691. The van der Waals surface area contributed by atoms with Gasteiger partial charge in [-0.15, -0.1) is 0 Å². The highest BCUT2D eigenvalue weighted by Crippen LogP contribution is 2.09. The molecule has 0 bridgehead atoms. The van der Waals surface area contributed by atoms with E-state index in [1.165, 1.54) is 13.8 Å². The third kappa shape index (κ3) is 12.2. The molecule has 0 saturated carbocycles. The number of amides is 6. The fourth-order valence-electron chi connectivity index (χ4n) is 2.84. The standard InChI is InChI=1S/C13H24N4O3.C9H17N3O3/c1-8(14)11(18)15-9(2)12(19)16-10(3)13(20)17-6-4-5-7-17;1-4-7(13)11-6(3)9(15)12-5(2)8(10)14/h8-10H,4-7,14H2,1-3H3,(H,15,18)(H,16,19);5-6H,4H2,1-3H3,(H2,10,14)(H,11,13)(H,12,15). The van der Waals surface area contributed by atoms with Gasteiger partial charge < -0.3 is 37.6 Å². The van der Waals surface area contributed by atoms with Crippen LogP contribution in [0.4, 0.5) is 0 Å². The van der Waals surface area contributed by atoms with Gasteiger partial charge in [0.05, 0.1) is 6.04 Å². The topological polar surface area (TPSA) is 206 Å². The van der Waals surface area contributed by atoms with Crippen LogP contribution in [0.2, 0.25) is 0 Å². The number of carbonyl (C=O) groups excluding carboxylic acids is 6. The van der Waals surface area contributed by atoms with Gasteiger partial charge >= 0.3 is 0 Å². The maximum Gasteiger partial charge on any atom is 0.244 e. The van der Waals surface area contributed by atoms with Crippen LogP contribution in [0.5, 0.6) is 0 Å². The minimum absolute atomic E-state index is 0.0819. The summed E-state index contributed by atoms with van der Waals surface area (Å²) in [4.78, 5) is 70.1. The third-order valence-electron chi connectivity index (χ3n) is 5.19. The van der Waals surface area contributed by atoms with Gasteiger partial charge in [0.15, 0.2) is 0 Å². The number of nitrogens with zero attached hydrogens (tertiary/aromatic N) is 1. The van der Waals surface area contributed by atoms with Crippen LogP contribution >= 0.6 is 0 Å². The highest BCUT2D eigenvalue weighted by Gasteiger charge is 2.26. The van der Waals surface area contributed by atoms with Crippen LogP contribution in [0.3, 0.4) is 0 Å². The number of hydrogen-bond donors (Lipinski definition) is 6. The molecule has 1 aliphatic heterocycles. The first-order chi connectivity index (χ1) is 16.2. The van der Waals surface area contributed by atoms with E-state index < -0.39 is 47.9 Å². The average molecular weight is 500 g/mol. The summed E-state index contributed by atoms with van der Waals surface area (Å²) in [5.74, 6) is -2.13. The zero-order valence-corrected chi connectivity index (χ0v) is 21.5. The predicted octanol–water partition coefficient (Wildman–Crippen LogP) is -2.14. The second kappa shape index (κ2) is 15.6. The molecule has 1 aliphatic rings. The van der Waals surface area contributed by atoms with Crippen molar-refractivity contribution >= 4 is 35.4 Å². The molecule has 0 radical (unpaired) electrons. The van der Waals surface area contributed by atoms with Crippen molar-refractivity contribution in [3.05, 3.63) is 0 Å². The summed E-state index contributed by atoms with van der Waals surface area (Å²) < 4.78 is 0. The molecule has 0 aromatic rings. The normalized spacial score (nSPS) is 16.8. The van der Waals surface area contributed by atoms with E-state index in [4.69, 9.17) is 11.5 Å². The minimum atomic E-state index is -0.738. The van der Waals surface area contributed by atoms with Gasteiger partial charge in [-0.1, -0.05) is 6.92 Å². The van der Waals surface area contributed by atoms with Crippen molar-refractivity contribution in [2.45, 2.75) is 91.0 Å². The van der Waals surface area contributed by atoms with Crippen molar-refractivity contribution < 1.29 is 28.8 Å². The number of rotatable bonds is 10. The lowest BCUT2D eigenvalue weighted by Gasteiger charge is -2.23. The first-order valence-corrected chi connectivity index (χ1v) is 11.7. The maximum atomic E-state index is 12.0. The number of carbonyl (C=O) groups is 6. The summed E-state index contributed by atoms with van der Waals surface area (Å²) in [6.07, 6.45) is 2.32. The van der Waals surface area contributed by atoms with E-state index in [1.54, 1.807) is 32.6 Å². The second-order valence-corrected chi connectivity index (χ2v) is 8.56. The van der Waals surface area contributed by atoms with Gasteiger partial charge in [0.2, 0.25) is 35.4 Å². The van der Waals surface area contributed by atoms with E-state index in [-0.39, 0.29) is 17.7 Å². The van der Waals surface area contributed by atoms with Gasteiger partial charge in [0.1, 0.15) is 24.2 Å². The molecular weight excluding hydrogens is 458 g/mol. The fraction of sp³-hybridized carbons (Fsp3) is 0.727. The number of hydrogen-bond acceptors (Lipinski definition) is 7. The zero-order chi connectivity index (χ0) is 27.3. The van der Waals surface area contributed by atoms with Crippen molar-refractivity contribution in [2.24, 2.45) is 11.5 Å². The quantitative estimate of drug-likeness (QED) is 0.196. The molecular formula is C22H41N7O6. The second-order valence-electron chi connectivity index (χ2n) is 8.56. The Hall–Kier alpha value is -3.22. The summed E-state index contributed by atoms with van der Waals surface area (Å²) in [7, 11) is 0. The molecule has 13 heteroatoms. The molecule has 1 heterocycles. The minimum Gasteiger partial charge on any atom is -0.368 e. The molecule has 5 atom stereocenters. The van der Waals surface area contributed by atoms with Gasteiger partial charge in [-0.25, -0.2) is 0 Å². The van der Waals surface area contributed by atoms with E-state index in [1.807, 2.05) is 0 Å². The summed E-state index contributed by atoms with van der Waals surface area (Å²) >= 11 is 0. The summed E-state index contributed by atoms with van der Waals surface area (Å²) in [5.41, 5.74) is 10.4. The molecule has 6 amide bonds. The largest absolute Gasteiger partial charge is 0.368 e.